The molecule has 0 spiro atoms. The molecular weight excluding hydrogens is 194 g/mol. The van der Waals surface area contributed by atoms with E-state index in [1.807, 2.05) is 37.3 Å². The highest BCUT2D eigenvalue weighted by molar-refractivity contribution is 7.79. The SMILES string of the molecule is Cc1onc(-c2ccccc2)c1C=S. The molecule has 1 aromatic heterocycles. The molecule has 0 aliphatic rings. The van der Waals surface area contributed by atoms with Crippen molar-refractivity contribution < 1.29 is 4.52 Å². The van der Waals surface area contributed by atoms with Crippen LogP contribution >= 0.6 is 12.2 Å². The van der Waals surface area contributed by atoms with Crippen molar-refractivity contribution in [3.63, 3.8) is 0 Å². The summed E-state index contributed by atoms with van der Waals surface area (Å²) in [6, 6.07) is 9.87. The van der Waals surface area contributed by atoms with E-state index in [0.717, 1.165) is 22.6 Å². The molecule has 0 unspecified atom stereocenters. The van der Waals surface area contributed by atoms with Gasteiger partial charge in [0.25, 0.3) is 0 Å². The number of nitrogens with zero attached hydrogens (tertiary/aromatic N) is 1. The van der Waals surface area contributed by atoms with Crippen LogP contribution in [0.2, 0.25) is 0 Å². The van der Waals surface area contributed by atoms with Crippen molar-refractivity contribution in [3.8, 4) is 11.3 Å². The smallest absolute Gasteiger partial charge is 0.142 e. The fraction of sp³-hybridized carbons (Fsp3) is 0.0909. The summed E-state index contributed by atoms with van der Waals surface area (Å²) in [6.07, 6.45) is 0. The number of aryl methyl sites for hydroxylation is 1. The molecule has 2 nitrogen and oxygen atoms in total. The van der Waals surface area contributed by atoms with Crippen LogP contribution in [-0.4, -0.2) is 10.5 Å². The second kappa shape index (κ2) is 3.72. The zero-order valence-electron chi connectivity index (χ0n) is 7.73. The average Bonchev–Trinajstić information content (AvgIpc) is 2.61. The van der Waals surface area contributed by atoms with Gasteiger partial charge in [0, 0.05) is 10.9 Å². The van der Waals surface area contributed by atoms with Crippen LogP contribution in [0.15, 0.2) is 34.9 Å². The first kappa shape index (κ1) is 9.09. The lowest BCUT2D eigenvalue weighted by atomic mass is 10.1. The lowest BCUT2D eigenvalue weighted by molar-refractivity contribution is 0.399. The van der Waals surface area contributed by atoms with Gasteiger partial charge in [-0.05, 0) is 6.92 Å². The van der Waals surface area contributed by atoms with Crippen molar-refractivity contribution >= 4 is 17.6 Å². The van der Waals surface area contributed by atoms with Gasteiger partial charge in [0.2, 0.25) is 0 Å². The highest BCUT2D eigenvalue weighted by atomic mass is 32.1. The molecule has 2 aromatic rings. The largest absolute Gasteiger partial charge is 0.360 e. The zero-order chi connectivity index (χ0) is 9.97. The molecule has 1 aromatic carbocycles. The molecule has 1 heterocycles. The second-order valence-corrected chi connectivity index (χ2v) is 3.22. The van der Waals surface area contributed by atoms with E-state index in [-0.39, 0.29) is 0 Å². The van der Waals surface area contributed by atoms with Gasteiger partial charge in [0.1, 0.15) is 11.5 Å². The molecule has 70 valence electrons. The minimum absolute atomic E-state index is 0.763. The molecule has 0 saturated heterocycles. The first-order valence-electron chi connectivity index (χ1n) is 4.30. The van der Waals surface area contributed by atoms with Crippen LogP contribution < -0.4 is 0 Å². The Morgan fingerprint density at radius 1 is 1.29 bits per heavy atom. The number of rotatable bonds is 2. The van der Waals surface area contributed by atoms with Crippen molar-refractivity contribution in [1.29, 1.82) is 0 Å². The number of hydrogen-bond acceptors (Lipinski definition) is 3. The fourth-order valence-corrected chi connectivity index (χ4v) is 1.60. The summed E-state index contributed by atoms with van der Waals surface area (Å²) in [6.45, 7) is 1.86. The maximum absolute atomic E-state index is 5.09. The van der Waals surface area contributed by atoms with E-state index in [1.54, 1.807) is 5.37 Å². The van der Waals surface area contributed by atoms with E-state index in [2.05, 4.69) is 5.16 Å². The molecule has 0 N–H and O–H groups in total. The Bertz CT molecular complexity index is 448. The van der Waals surface area contributed by atoms with Crippen molar-refractivity contribution in [1.82, 2.24) is 5.16 Å². The van der Waals surface area contributed by atoms with E-state index >= 15 is 0 Å². The molecule has 0 aliphatic carbocycles. The molecule has 3 heteroatoms. The molecule has 0 atom stereocenters. The van der Waals surface area contributed by atoms with Gasteiger partial charge in [-0.3, -0.25) is 0 Å². The summed E-state index contributed by atoms with van der Waals surface area (Å²) >= 11 is 4.92. The monoisotopic (exact) mass is 203 g/mol. The molecule has 0 saturated carbocycles. The number of hydrogen-bond donors (Lipinski definition) is 0. The first-order valence-corrected chi connectivity index (χ1v) is 4.77. The van der Waals surface area contributed by atoms with Gasteiger partial charge in [-0.15, -0.1) is 0 Å². The Morgan fingerprint density at radius 2 is 2.00 bits per heavy atom. The minimum atomic E-state index is 0.763. The minimum Gasteiger partial charge on any atom is -0.360 e. The number of benzene rings is 1. The molecule has 0 aliphatic heterocycles. The predicted octanol–water partition coefficient (Wildman–Crippen LogP) is 3.00. The third-order valence-corrected chi connectivity index (χ3v) is 2.31. The van der Waals surface area contributed by atoms with E-state index in [4.69, 9.17) is 16.7 Å². The van der Waals surface area contributed by atoms with Crippen molar-refractivity contribution in [2.24, 2.45) is 0 Å². The molecule has 0 fully saturated rings. The highest BCUT2D eigenvalue weighted by Crippen LogP contribution is 2.23. The Labute approximate surface area is 87.5 Å². The fourth-order valence-electron chi connectivity index (χ4n) is 1.32. The summed E-state index contributed by atoms with van der Waals surface area (Å²) in [5, 5.41) is 5.59. The first-order chi connectivity index (χ1) is 6.83. The third kappa shape index (κ3) is 1.46. The standard InChI is InChI=1S/C11H9NOS/c1-8-10(7-14)11(12-13-8)9-5-3-2-4-6-9/h2-7H,1H3. The zero-order valence-corrected chi connectivity index (χ0v) is 8.54. The summed E-state index contributed by atoms with van der Waals surface area (Å²) in [5.41, 5.74) is 2.74. The van der Waals surface area contributed by atoms with Crippen LogP contribution in [0.3, 0.4) is 0 Å². The Balaban J connectivity index is 2.57. The van der Waals surface area contributed by atoms with Gasteiger partial charge in [-0.2, -0.15) is 0 Å². The molecule has 2 rings (SSSR count). The molecular formula is C11H9NOS. The molecule has 14 heavy (non-hydrogen) atoms. The lowest BCUT2D eigenvalue weighted by Gasteiger charge is -1.95. The second-order valence-electron chi connectivity index (χ2n) is 2.98. The normalized spacial score (nSPS) is 10.1. The maximum Gasteiger partial charge on any atom is 0.142 e. The van der Waals surface area contributed by atoms with Crippen LogP contribution in [0.4, 0.5) is 0 Å². The van der Waals surface area contributed by atoms with Gasteiger partial charge >= 0.3 is 0 Å². The maximum atomic E-state index is 5.09. The third-order valence-electron chi connectivity index (χ3n) is 2.07. The van der Waals surface area contributed by atoms with Crippen LogP contribution in [0.5, 0.6) is 0 Å². The van der Waals surface area contributed by atoms with Gasteiger partial charge in [-0.1, -0.05) is 47.7 Å². The molecule has 0 radical (unpaired) electrons. The van der Waals surface area contributed by atoms with Gasteiger partial charge in [0.05, 0.1) is 5.56 Å². The van der Waals surface area contributed by atoms with Crippen LogP contribution in [0, 0.1) is 6.92 Å². The Kier molecular flexibility index (Phi) is 2.41. The van der Waals surface area contributed by atoms with Gasteiger partial charge in [0.15, 0.2) is 0 Å². The quantitative estimate of drug-likeness (QED) is 0.702. The van der Waals surface area contributed by atoms with Crippen LogP contribution in [-0.2, 0) is 0 Å². The Hall–Kier alpha value is -1.48. The molecule has 0 amide bonds. The van der Waals surface area contributed by atoms with Crippen LogP contribution in [0.25, 0.3) is 11.3 Å². The summed E-state index contributed by atoms with van der Waals surface area (Å²) in [5.74, 6) is 0.763. The molecule has 0 bridgehead atoms. The van der Waals surface area contributed by atoms with E-state index in [0.29, 0.717) is 0 Å². The summed E-state index contributed by atoms with van der Waals surface area (Å²) in [7, 11) is 0. The average molecular weight is 203 g/mol. The van der Waals surface area contributed by atoms with E-state index < -0.39 is 0 Å². The predicted molar refractivity (Wildman–Crippen MR) is 59.4 cm³/mol. The number of thiocarbonyl (C=S) groups is 1. The Morgan fingerprint density at radius 3 is 2.64 bits per heavy atom. The van der Waals surface area contributed by atoms with Crippen molar-refractivity contribution in [2.45, 2.75) is 6.92 Å². The summed E-state index contributed by atoms with van der Waals surface area (Å²) < 4.78 is 5.09. The van der Waals surface area contributed by atoms with E-state index in [9.17, 15) is 0 Å². The van der Waals surface area contributed by atoms with Crippen molar-refractivity contribution in [2.75, 3.05) is 0 Å². The summed E-state index contributed by atoms with van der Waals surface area (Å²) in [4.78, 5) is 0. The number of aromatic nitrogens is 1. The van der Waals surface area contributed by atoms with E-state index in [1.165, 1.54) is 0 Å². The van der Waals surface area contributed by atoms with Gasteiger partial charge < -0.3 is 4.52 Å². The highest BCUT2D eigenvalue weighted by Gasteiger charge is 2.11. The van der Waals surface area contributed by atoms with Gasteiger partial charge in [-0.25, -0.2) is 0 Å². The van der Waals surface area contributed by atoms with Crippen molar-refractivity contribution in [3.05, 3.63) is 41.7 Å². The lowest BCUT2D eigenvalue weighted by Crippen LogP contribution is -1.84. The van der Waals surface area contributed by atoms with Crippen LogP contribution in [0.1, 0.15) is 11.3 Å². The topological polar surface area (TPSA) is 26.0 Å².